The van der Waals surface area contributed by atoms with Gasteiger partial charge in [-0.3, -0.25) is 4.79 Å². The van der Waals surface area contributed by atoms with Crippen LogP contribution >= 0.6 is 0 Å². The molecule has 3 N–H and O–H groups in total. The van der Waals surface area contributed by atoms with Gasteiger partial charge in [0, 0.05) is 5.69 Å². The van der Waals surface area contributed by atoms with Gasteiger partial charge in [0.1, 0.15) is 25.0 Å². The number of nitrogens with one attached hydrogen (secondary N) is 1. The predicted octanol–water partition coefficient (Wildman–Crippen LogP) is 0.242. The number of hydrogen-bond acceptors (Lipinski definition) is 6. The van der Waals surface area contributed by atoms with Crippen LogP contribution in [-0.2, 0) is 11.3 Å². The van der Waals surface area contributed by atoms with Crippen molar-refractivity contribution in [3.63, 3.8) is 0 Å². The minimum absolute atomic E-state index is 0.0495. The second-order valence-corrected chi connectivity index (χ2v) is 3.83. The number of carbonyl (C=O) groups excluding carboxylic acids is 1. The molecule has 0 radical (unpaired) electrons. The highest BCUT2D eigenvalue weighted by molar-refractivity contribution is 5.90. The number of nitrogen functional groups attached to an aromatic ring is 1. The average Bonchev–Trinajstić information content (AvgIpc) is 2.83. The maximum Gasteiger partial charge on any atom is 0.246 e. The quantitative estimate of drug-likeness (QED) is 0.818. The lowest BCUT2D eigenvalue weighted by Gasteiger charge is -2.05. The summed E-state index contributed by atoms with van der Waals surface area (Å²) >= 11 is 0. The highest BCUT2D eigenvalue weighted by Gasteiger charge is 2.08. The molecule has 20 heavy (non-hydrogen) atoms. The number of hydrogen-bond donors (Lipinski definition) is 2. The van der Waals surface area contributed by atoms with Crippen LogP contribution in [0, 0.1) is 22.7 Å². The number of anilines is 2. The highest BCUT2D eigenvalue weighted by Crippen LogP contribution is 2.14. The Balaban J connectivity index is 2.09. The summed E-state index contributed by atoms with van der Waals surface area (Å²) in [7, 11) is 0. The molecular weight excluding hydrogens is 258 g/mol. The minimum atomic E-state index is -0.344. The number of nitrogens with two attached hydrogens (primary N) is 1. The maximum atomic E-state index is 11.8. The molecule has 0 aliphatic heterocycles. The monoisotopic (exact) mass is 267 g/mol. The third-order valence-electron chi connectivity index (χ3n) is 2.40. The first-order valence-corrected chi connectivity index (χ1v) is 5.51. The summed E-state index contributed by atoms with van der Waals surface area (Å²) in [6, 6.07) is 8.25. The fraction of sp³-hybridized carbons (Fsp3) is 0.0833. The Kier molecular flexibility index (Phi) is 3.59. The molecule has 0 fully saturated rings. The van der Waals surface area contributed by atoms with Crippen molar-refractivity contribution in [3.8, 4) is 12.1 Å². The number of carbonyl (C=O) groups is 1. The molecule has 0 bridgehead atoms. The van der Waals surface area contributed by atoms with Gasteiger partial charge in [0.2, 0.25) is 11.9 Å². The van der Waals surface area contributed by atoms with Gasteiger partial charge in [-0.15, -0.1) is 5.10 Å². The summed E-state index contributed by atoms with van der Waals surface area (Å²) in [5, 5.41) is 24.1. The molecule has 98 valence electrons. The topological polar surface area (TPSA) is 133 Å². The van der Waals surface area contributed by atoms with E-state index >= 15 is 0 Å². The molecule has 1 aromatic carbocycles. The third-order valence-corrected chi connectivity index (χ3v) is 2.40. The molecule has 0 aliphatic carbocycles. The van der Waals surface area contributed by atoms with Gasteiger partial charge < -0.3 is 11.1 Å². The van der Waals surface area contributed by atoms with Crippen LogP contribution in [0.15, 0.2) is 24.5 Å². The van der Waals surface area contributed by atoms with Crippen LogP contribution in [0.5, 0.6) is 0 Å². The molecule has 8 heteroatoms. The first-order chi connectivity index (χ1) is 9.62. The van der Waals surface area contributed by atoms with Crippen molar-refractivity contribution in [2.24, 2.45) is 0 Å². The molecule has 0 aliphatic rings. The van der Waals surface area contributed by atoms with Crippen molar-refractivity contribution < 1.29 is 4.79 Å². The van der Waals surface area contributed by atoms with Crippen molar-refractivity contribution in [1.29, 1.82) is 10.5 Å². The molecule has 0 saturated heterocycles. The van der Waals surface area contributed by atoms with E-state index in [1.54, 1.807) is 6.07 Å². The SMILES string of the molecule is N#Cc1ccc(NC(=O)Cn2cnc(N)n2)cc1C#N. The van der Waals surface area contributed by atoms with Gasteiger partial charge in [-0.25, -0.2) is 9.67 Å². The standard InChI is InChI=1S/C12H9N7O/c13-4-8-1-2-10(3-9(8)5-14)17-11(20)6-19-7-16-12(15)18-19/h1-3,7H,6H2,(H2,15,18)(H,17,20). The zero-order chi connectivity index (χ0) is 14.5. The molecule has 2 rings (SSSR count). The maximum absolute atomic E-state index is 11.8. The molecular formula is C12H9N7O. The largest absolute Gasteiger partial charge is 0.367 e. The van der Waals surface area contributed by atoms with Gasteiger partial charge in [-0.1, -0.05) is 0 Å². The van der Waals surface area contributed by atoms with E-state index < -0.39 is 0 Å². The number of benzene rings is 1. The van der Waals surface area contributed by atoms with Crippen molar-refractivity contribution >= 4 is 17.5 Å². The van der Waals surface area contributed by atoms with E-state index in [2.05, 4.69) is 15.4 Å². The van der Waals surface area contributed by atoms with Gasteiger partial charge in [-0.05, 0) is 18.2 Å². The number of aromatic nitrogens is 3. The summed E-state index contributed by atoms with van der Waals surface area (Å²) < 4.78 is 1.29. The lowest BCUT2D eigenvalue weighted by Crippen LogP contribution is -2.19. The van der Waals surface area contributed by atoms with Crippen LogP contribution in [0.1, 0.15) is 11.1 Å². The second kappa shape index (κ2) is 5.50. The van der Waals surface area contributed by atoms with Crippen LogP contribution < -0.4 is 11.1 Å². The van der Waals surface area contributed by atoms with Crippen LogP contribution in [0.2, 0.25) is 0 Å². The zero-order valence-electron chi connectivity index (χ0n) is 10.2. The van der Waals surface area contributed by atoms with Crippen LogP contribution in [0.3, 0.4) is 0 Å². The van der Waals surface area contributed by atoms with E-state index in [4.69, 9.17) is 16.3 Å². The van der Waals surface area contributed by atoms with Crippen molar-refractivity contribution in [2.75, 3.05) is 11.1 Å². The van der Waals surface area contributed by atoms with Crippen molar-refractivity contribution in [2.45, 2.75) is 6.54 Å². The van der Waals surface area contributed by atoms with Gasteiger partial charge in [0.25, 0.3) is 0 Å². The minimum Gasteiger partial charge on any atom is -0.367 e. The van der Waals surface area contributed by atoms with E-state index in [9.17, 15) is 4.79 Å². The average molecular weight is 267 g/mol. The van der Waals surface area contributed by atoms with E-state index in [0.717, 1.165) is 0 Å². The molecule has 0 saturated carbocycles. The fourth-order valence-electron chi connectivity index (χ4n) is 1.54. The predicted molar refractivity (Wildman–Crippen MR) is 68.9 cm³/mol. The Morgan fingerprint density at radius 3 is 2.70 bits per heavy atom. The van der Waals surface area contributed by atoms with Gasteiger partial charge in [0.05, 0.1) is 11.1 Å². The van der Waals surface area contributed by atoms with E-state index in [-0.39, 0.29) is 29.5 Å². The third kappa shape index (κ3) is 2.89. The number of rotatable bonds is 3. The molecule has 1 aromatic heterocycles. The summed E-state index contributed by atoms with van der Waals surface area (Å²) in [5.41, 5.74) is 6.23. The Labute approximate surface area is 114 Å². The Hall–Kier alpha value is -3.39. The number of nitriles is 2. The molecule has 0 unspecified atom stereocenters. The normalized spacial score (nSPS) is 9.50. The van der Waals surface area contributed by atoms with Gasteiger partial charge >= 0.3 is 0 Å². The second-order valence-electron chi connectivity index (χ2n) is 3.83. The Bertz CT molecular complexity index is 735. The Morgan fingerprint density at radius 1 is 1.35 bits per heavy atom. The van der Waals surface area contributed by atoms with E-state index in [1.807, 2.05) is 12.1 Å². The lowest BCUT2D eigenvalue weighted by atomic mass is 10.1. The zero-order valence-corrected chi connectivity index (χ0v) is 10.2. The van der Waals surface area contributed by atoms with Crippen LogP contribution in [0.4, 0.5) is 11.6 Å². The van der Waals surface area contributed by atoms with Gasteiger partial charge in [-0.2, -0.15) is 10.5 Å². The summed E-state index contributed by atoms with van der Waals surface area (Å²) in [5.74, 6) is -0.258. The summed E-state index contributed by atoms with van der Waals surface area (Å²) in [4.78, 5) is 15.5. The van der Waals surface area contributed by atoms with Crippen molar-refractivity contribution in [3.05, 3.63) is 35.7 Å². The number of nitrogens with zero attached hydrogens (tertiary/aromatic N) is 5. The van der Waals surface area contributed by atoms with E-state index in [1.165, 1.54) is 23.1 Å². The molecule has 8 nitrogen and oxygen atoms in total. The molecule has 2 aromatic rings. The molecule has 0 spiro atoms. The van der Waals surface area contributed by atoms with Crippen LogP contribution in [-0.4, -0.2) is 20.7 Å². The summed E-state index contributed by atoms with van der Waals surface area (Å²) in [6.07, 6.45) is 1.34. The van der Waals surface area contributed by atoms with E-state index in [0.29, 0.717) is 5.69 Å². The fourth-order valence-corrected chi connectivity index (χ4v) is 1.54. The Morgan fingerprint density at radius 2 is 2.10 bits per heavy atom. The summed E-state index contributed by atoms with van der Waals surface area (Å²) in [6.45, 7) is -0.0495. The highest BCUT2D eigenvalue weighted by atomic mass is 16.2. The lowest BCUT2D eigenvalue weighted by molar-refractivity contribution is -0.116. The van der Waals surface area contributed by atoms with Crippen LogP contribution in [0.25, 0.3) is 0 Å². The molecule has 1 heterocycles. The smallest absolute Gasteiger partial charge is 0.246 e. The molecule has 1 amide bonds. The first-order valence-electron chi connectivity index (χ1n) is 5.51. The molecule has 0 atom stereocenters. The van der Waals surface area contributed by atoms with Crippen molar-refractivity contribution in [1.82, 2.24) is 14.8 Å². The number of amides is 1. The first kappa shape index (κ1) is 13.1. The van der Waals surface area contributed by atoms with Gasteiger partial charge in [0.15, 0.2) is 0 Å².